The van der Waals surface area contributed by atoms with Crippen LogP contribution in [0.2, 0.25) is 0 Å². The van der Waals surface area contributed by atoms with E-state index in [1.807, 2.05) is 73.7 Å². The van der Waals surface area contributed by atoms with Gasteiger partial charge in [-0.2, -0.15) is 10.2 Å². The van der Waals surface area contributed by atoms with Gasteiger partial charge in [-0.05, 0) is 48.7 Å². The van der Waals surface area contributed by atoms with Gasteiger partial charge in [-0.1, -0.05) is 49.4 Å². The Morgan fingerprint density at radius 2 is 1.79 bits per heavy atom. The van der Waals surface area contributed by atoms with E-state index in [1.165, 1.54) is 6.20 Å². The fourth-order valence-corrected chi connectivity index (χ4v) is 4.82. The van der Waals surface area contributed by atoms with E-state index in [0.29, 0.717) is 22.4 Å². The monoisotopic (exact) mass is 517 g/mol. The van der Waals surface area contributed by atoms with Crippen molar-refractivity contribution < 1.29 is 4.74 Å². The van der Waals surface area contributed by atoms with Crippen LogP contribution in [0.25, 0.3) is 27.7 Å². The molecule has 0 aliphatic carbocycles. The average Bonchev–Trinajstić information content (AvgIpc) is 2.96. The summed E-state index contributed by atoms with van der Waals surface area (Å²) in [7, 11) is 1.65. The van der Waals surface area contributed by atoms with Crippen molar-refractivity contribution in [1.82, 2.24) is 19.5 Å². The lowest BCUT2D eigenvalue weighted by Gasteiger charge is -2.21. The van der Waals surface area contributed by atoms with Crippen molar-refractivity contribution >= 4 is 22.7 Å². The number of methoxy groups -OCH3 is 1. The molecule has 0 amide bonds. The lowest BCUT2D eigenvalue weighted by Crippen LogP contribution is -2.28. The molecule has 39 heavy (non-hydrogen) atoms. The summed E-state index contributed by atoms with van der Waals surface area (Å²) in [6, 6.07) is 22.4. The third-order valence-electron chi connectivity index (χ3n) is 6.60. The Kier molecular flexibility index (Phi) is 6.93. The number of nitriles is 1. The molecule has 0 fully saturated rings. The van der Waals surface area contributed by atoms with E-state index in [2.05, 4.69) is 28.3 Å². The van der Waals surface area contributed by atoms with Crippen molar-refractivity contribution in [3.05, 3.63) is 100 Å². The number of anilines is 2. The van der Waals surface area contributed by atoms with Crippen LogP contribution in [0.15, 0.2) is 77.7 Å². The highest BCUT2D eigenvalue weighted by Crippen LogP contribution is 2.34. The van der Waals surface area contributed by atoms with Crippen LogP contribution in [-0.4, -0.2) is 26.6 Å². The SMILES string of the molecule is CCc1c(OC)cccc1-c1cccc2nc(C(C)Nc3nc(N)ncc3C#N)n(-c3ccccc3)c(=O)c12. The maximum Gasteiger partial charge on any atom is 0.266 e. The van der Waals surface area contributed by atoms with E-state index < -0.39 is 6.04 Å². The summed E-state index contributed by atoms with van der Waals surface area (Å²) < 4.78 is 7.22. The van der Waals surface area contributed by atoms with E-state index in [1.54, 1.807) is 11.7 Å². The van der Waals surface area contributed by atoms with Gasteiger partial charge in [0.25, 0.3) is 5.56 Å². The highest BCUT2D eigenvalue weighted by atomic mass is 16.5. The number of aromatic nitrogens is 4. The number of hydrogen-bond acceptors (Lipinski definition) is 8. The van der Waals surface area contributed by atoms with Crippen molar-refractivity contribution in [1.29, 1.82) is 5.26 Å². The molecule has 0 saturated heterocycles. The fourth-order valence-electron chi connectivity index (χ4n) is 4.82. The Bertz CT molecular complexity index is 1780. The summed E-state index contributed by atoms with van der Waals surface area (Å²) in [4.78, 5) is 27.5. The highest BCUT2D eigenvalue weighted by Gasteiger charge is 2.22. The van der Waals surface area contributed by atoms with Crippen molar-refractivity contribution in [2.24, 2.45) is 0 Å². The summed E-state index contributed by atoms with van der Waals surface area (Å²) in [6.45, 7) is 3.92. The first kappa shape index (κ1) is 25.4. The van der Waals surface area contributed by atoms with Crippen LogP contribution in [0.3, 0.4) is 0 Å². The van der Waals surface area contributed by atoms with Gasteiger partial charge in [0.2, 0.25) is 5.95 Å². The fraction of sp³-hybridized carbons (Fsp3) is 0.167. The van der Waals surface area contributed by atoms with Gasteiger partial charge in [0.15, 0.2) is 0 Å². The number of nitrogens with two attached hydrogens (primary N) is 1. The first-order valence-electron chi connectivity index (χ1n) is 12.5. The van der Waals surface area contributed by atoms with Crippen molar-refractivity contribution in [2.45, 2.75) is 26.3 Å². The predicted molar refractivity (Wildman–Crippen MR) is 152 cm³/mol. The van der Waals surface area contributed by atoms with Crippen LogP contribution < -0.4 is 21.3 Å². The molecule has 5 rings (SSSR count). The summed E-state index contributed by atoms with van der Waals surface area (Å²) in [5.41, 5.74) is 9.75. The molecular weight excluding hydrogens is 490 g/mol. The zero-order chi connectivity index (χ0) is 27.5. The maximum atomic E-state index is 14.4. The Morgan fingerprint density at radius 3 is 2.51 bits per heavy atom. The molecule has 5 aromatic rings. The number of para-hydroxylation sites is 1. The first-order chi connectivity index (χ1) is 19.0. The smallest absolute Gasteiger partial charge is 0.266 e. The van der Waals surface area contributed by atoms with Gasteiger partial charge in [-0.25, -0.2) is 9.97 Å². The van der Waals surface area contributed by atoms with E-state index in [0.717, 1.165) is 28.9 Å². The number of nitrogens with zero attached hydrogens (tertiary/aromatic N) is 5. The van der Waals surface area contributed by atoms with Crippen molar-refractivity contribution in [2.75, 3.05) is 18.2 Å². The van der Waals surface area contributed by atoms with Crippen LogP contribution in [0.4, 0.5) is 11.8 Å². The zero-order valence-electron chi connectivity index (χ0n) is 21.8. The molecule has 0 bridgehead atoms. The van der Waals surface area contributed by atoms with Crippen LogP contribution in [0.5, 0.6) is 5.75 Å². The second kappa shape index (κ2) is 10.6. The Labute approximate surface area is 225 Å². The van der Waals surface area contributed by atoms with Gasteiger partial charge in [0, 0.05) is 5.56 Å². The standard InChI is InChI=1S/C30H27N7O2/c1-4-21-22(12-9-15-25(21)39-3)23-13-8-14-24-26(23)29(38)37(20-10-6-5-7-11-20)28(35-24)18(2)34-27-19(16-31)17-33-30(32)36-27/h5-15,17-18H,4H2,1-3H3,(H3,32,33,34,36). The molecule has 0 radical (unpaired) electrons. The van der Waals surface area contributed by atoms with Gasteiger partial charge < -0.3 is 15.8 Å². The molecule has 194 valence electrons. The molecule has 2 heterocycles. The molecule has 2 aromatic heterocycles. The molecule has 0 spiro atoms. The molecular formula is C30H27N7O2. The van der Waals surface area contributed by atoms with Gasteiger partial charge >= 0.3 is 0 Å². The summed E-state index contributed by atoms with van der Waals surface area (Å²) in [5.74, 6) is 1.53. The largest absolute Gasteiger partial charge is 0.496 e. The normalized spacial score (nSPS) is 11.6. The number of fused-ring (bicyclic) bond motifs is 1. The maximum absolute atomic E-state index is 14.4. The highest BCUT2D eigenvalue weighted by molar-refractivity contribution is 5.95. The molecule has 3 N–H and O–H groups in total. The van der Waals surface area contributed by atoms with Crippen LogP contribution in [0, 0.1) is 11.3 Å². The third kappa shape index (κ3) is 4.64. The minimum Gasteiger partial charge on any atom is -0.496 e. The molecule has 9 nitrogen and oxygen atoms in total. The molecule has 3 aromatic carbocycles. The number of hydrogen-bond donors (Lipinski definition) is 2. The van der Waals surface area contributed by atoms with E-state index in [4.69, 9.17) is 15.5 Å². The van der Waals surface area contributed by atoms with Gasteiger partial charge in [0.05, 0.1) is 35.9 Å². The summed E-state index contributed by atoms with van der Waals surface area (Å²) in [5, 5.41) is 13.3. The third-order valence-corrected chi connectivity index (χ3v) is 6.60. The topological polar surface area (TPSA) is 132 Å². The second-order valence-electron chi connectivity index (χ2n) is 8.95. The Hall–Kier alpha value is -5.23. The van der Waals surface area contributed by atoms with Gasteiger partial charge in [0.1, 0.15) is 29.0 Å². The molecule has 0 aliphatic rings. The van der Waals surface area contributed by atoms with E-state index in [-0.39, 0.29) is 22.9 Å². The molecule has 9 heteroatoms. The molecule has 1 atom stereocenters. The molecule has 1 unspecified atom stereocenters. The summed E-state index contributed by atoms with van der Waals surface area (Å²) in [6.07, 6.45) is 2.10. The molecule has 0 aliphatic heterocycles. The van der Waals surface area contributed by atoms with Gasteiger partial charge in [-0.3, -0.25) is 9.36 Å². The van der Waals surface area contributed by atoms with Gasteiger partial charge in [-0.15, -0.1) is 0 Å². The minimum absolute atomic E-state index is 0.0327. The minimum atomic E-state index is -0.518. The van der Waals surface area contributed by atoms with Crippen LogP contribution in [-0.2, 0) is 6.42 Å². The second-order valence-corrected chi connectivity index (χ2v) is 8.95. The van der Waals surface area contributed by atoms with E-state index >= 15 is 0 Å². The number of benzene rings is 3. The van der Waals surface area contributed by atoms with Crippen molar-refractivity contribution in [3.8, 4) is 28.6 Å². The Morgan fingerprint density at radius 1 is 1.05 bits per heavy atom. The quantitative estimate of drug-likeness (QED) is 0.307. The van der Waals surface area contributed by atoms with E-state index in [9.17, 15) is 10.1 Å². The average molecular weight is 518 g/mol. The number of ether oxygens (including phenoxy) is 1. The lowest BCUT2D eigenvalue weighted by atomic mass is 9.94. The van der Waals surface area contributed by atoms with Crippen molar-refractivity contribution in [3.63, 3.8) is 0 Å². The summed E-state index contributed by atoms with van der Waals surface area (Å²) >= 11 is 0. The Balaban J connectivity index is 1.77. The first-order valence-corrected chi connectivity index (χ1v) is 12.5. The van der Waals surface area contributed by atoms with Crippen LogP contribution in [0.1, 0.15) is 36.8 Å². The number of nitrogen functional groups attached to an aromatic ring is 1. The van der Waals surface area contributed by atoms with Crippen LogP contribution >= 0.6 is 0 Å². The number of rotatable bonds is 7. The predicted octanol–water partition coefficient (Wildman–Crippen LogP) is 5.04. The lowest BCUT2D eigenvalue weighted by molar-refractivity contribution is 0.410. The zero-order valence-corrected chi connectivity index (χ0v) is 21.8. The number of nitrogens with one attached hydrogen (secondary N) is 1. The molecule has 0 saturated carbocycles.